The molecule has 0 saturated heterocycles. The molecule has 1 heterocycles. The van der Waals surface area contributed by atoms with Crippen LogP contribution in [0.5, 0.6) is 0 Å². The molecule has 0 bridgehead atoms. The monoisotopic (exact) mass is 297 g/mol. The van der Waals surface area contributed by atoms with Crippen molar-refractivity contribution in [3.63, 3.8) is 0 Å². The summed E-state index contributed by atoms with van der Waals surface area (Å²) in [6, 6.07) is 4.02. The molecular formula is C12H12ClN3O4. The second-order valence-electron chi connectivity index (χ2n) is 3.97. The van der Waals surface area contributed by atoms with Gasteiger partial charge in [-0.05, 0) is 19.1 Å². The molecule has 1 aromatic carbocycles. The molecule has 2 N–H and O–H groups in total. The van der Waals surface area contributed by atoms with Crippen LogP contribution in [0.15, 0.2) is 27.4 Å². The van der Waals surface area contributed by atoms with Gasteiger partial charge in [-0.15, -0.1) is 0 Å². The van der Waals surface area contributed by atoms with Crippen LogP contribution in [-0.2, 0) is 11.3 Å². The molecule has 106 valence electrons. The highest BCUT2D eigenvalue weighted by molar-refractivity contribution is 6.31. The minimum atomic E-state index is -0.687. The molecule has 0 saturated carbocycles. The highest BCUT2D eigenvalue weighted by Gasteiger charge is 2.14. The Labute approximate surface area is 118 Å². The van der Waals surface area contributed by atoms with E-state index >= 15 is 0 Å². The van der Waals surface area contributed by atoms with Crippen molar-refractivity contribution in [2.45, 2.75) is 13.5 Å². The number of fused-ring (bicyclic) bond motifs is 1. The lowest BCUT2D eigenvalue weighted by Crippen LogP contribution is -2.41. The number of aromatic nitrogens is 1. The van der Waals surface area contributed by atoms with Crippen molar-refractivity contribution in [1.82, 2.24) is 15.2 Å². The number of hydrogen-bond donors (Lipinski definition) is 2. The number of amides is 3. The van der Waals surface area contributed by atoms with Gasteiger partial charge in [-0.3, -0.25) is 14.7 Å². The maximum absolute atomic E-state index is 11.7. The number of halogens is 1. The first-order chi connectivity index (χ1) is 9.51. The van der Waals surface area contributed by atoms with Crippen molar-refractivity contribution in [2.24, 2.45) is 0 Å². The Morgan fingerprint density at radius 1 is 1.40 bits per heavy atom. The summed E-state index contributed by atoms with van der Waals surface area (Å²) in [6.07, 6.45) is 0. The number of oxazole rings is 1. The Balaban J connectivity index is 2.21. The zero-order chi connectivity index (χ0) is 14.7. The summed E-state index contributed by atoms with van der Waals surface area (Å²) in [7, 11) is 0. The van der Waals surface area contributed by atoms with E-state index in [4.69, 9.17) is 16.0 Å². The topological polar surface area (TPSA) is 93.3 Å². The predicted octanol–water partition coefficient (Wildman–Crippen LogP) is 1.09. The fourth-order valence-corrected chi connectivity index (χ4v) is 1.87. The van der Waals surface area contributed by atoms with Gasteiger partial charge in [0.2, 0.25) is 5.91 Å². The Morgan fingerprint density at radius 3 is 2.85 bits per heavy atom. The largest absolute Gasteiger partial charge is 0.420 e. The number of nitrogens with zero attached hydrogens (tertiary/aromatic N) is 1. The first-order valence-corrected chi connectivity index (χ1v) is 6.25. The molecule has 1 aromatic heterocycles. The third-order valence-electron chi connectivity index (χ3n) is 2.52. The number of nitrogens with one attached hydrogen (secondary N) is 2. The van der Waals surface area contributed by atoms with Gasteiger partial charge < -0.3 is 9.73 Å². The van der Waals surface area contributed by atoms with Crippen molar-refractivity contribution < 1.29 is 14.0 Å². The van der Waals surface area contributed by atoms with Crippen molar-refractivity contribution >= 4 is 34.6 Å². The molecule has 8 heteroatoms. The maximum atomic E-state index is 11.7. The van der Waals surface area contributed by atoms with Crippen LogP contribution in [0.3, 0.4) is 0 Å². The fraction of sp³-hybridized carbons (Fsp3) is 0.250. The Hall–Kier alpha value is -2.28. The second-order valence-corrected chi connectivity index (χ2v) is 4.41. The second kappa shape index (κ2) is 5.79. The SMILES string of the molecule is CCNC(=O)NC(=O)Cn1c(=O)oc2cc(Cl)ccc21. The summed E-state index contributed by atoms with van der Waals surface area (Å²) in [5.74, 6) is -1.30. The summed E-state index contributed by atoms with van der Waals surface area (Å²) in [5.41, 5.74) is 0.721. The summed E-state index contributed by atoms with van der Waals surface area (Å²) < 4.78 is 6.10. The normalized spacial score (nSPS) is 10.5. The average molecular weight is 298 g/mol. The molecule has 0 unspecified atom stereocenters. The number of imide groups is 1. The molecule has 2 rings (SSSR count). The quantitative estimate of drug-likeness (QED) is 0.887. The minimum absolute atomic E-state index is 0.285. The van der Waals surface area contributed by atoms with Gasteiger partial charge in [0.05, 0.1) is 5.52 Å². The zero-order valence-corrected chi connectivity index (χ0v) is 11.4. The van der Waals surface area contributed by atoms with E-state index in [1.165, 1.54) is 6.07 Å². The molecule has 20 heavy (non-hydrogen) atoms. The van der Waals surface area contributed by atoms with E-state index in [1.54, 1.807) is 19.1 Å². The number of hydrogen-bond acceptors (Lipinski definition) is 4. The van der Waals surface area contributed by atoms with Crippen LogP contribution in [0.2, 0.25) is 5.02 Å². The first-order valence-electron chi connectivity index (χ1n) is 5.88. The highest BCUT2D eigenvalue weighted by atomic mass is 35.5. The van der Waals surface area contributed by atoms with E-state index in [1.807, 2.05) is 0 Å². The van der Waals surface area contributed by atoms with Gasteiger partial charge in [0.25, 0.3) is 0 Å². The van der Waals surface area contributed by atoms with Crippen LogP contribution in [0.1, 0.15) is 6.92 Å². The fourth-order valence-electron chi connectivity index (χ4n) is 1.70. The standard InChI is InChI=1S/C12H12ClN3O4/c1-2-14-11(18)15-10(17)6-16-8-4-3-7(13)5-9(8)20-12(16)19/h3-5H,2,6H2,1H3,(H2,14,15,17,18). The molecule has 0 aliphatic carbocycles. The van der Waals surface area contributed by atoms with Crippen LogP contribution in [0.4, 0.5) is 4.79 Å². The number of carbonyl (C=O) groups is 2. The molecular weight excluding hydrogens is 286 g/mol. The van der Waals surface area contributed by atoms with Gasteiger partial charge in [-0.2, -0.15) is 0 Å². The van der Waals surface area contributed by atoms with Crippen LogP contribution in [0.25, 0.3) is 11.1 Å². The summed E-state index contributed by atoms with van der Waals surface area (Å²) in [4.78, 5) is 34.5. The molecule has 0 aliphatic heterocycles. The molecule has 0 fully saturated rings. The van der Waals surface area contributed by atoms with E-state index in [2.05, 4.69) is 10.6 Å². The molecule has 0 radical (unpaired) electrons. The van der Waals surface area contributed by atoms with Crippen molar-refractivity contribution in [3.05, 3.63) is 33.8 Å². The third kappa shape index (κ3) is 3.00. The van der Waals surface area contributed by atoms with Crippen LogP contribution in [-0.4, -0.2) is 23.1 Å². The van der Waals surface area contributed by atoms with Crippen LogP contribution in [0, 0.1) is 0 Å². The molecule has 0 spiro atoms. The predicted molar refractivity (Wildman–Crippen MR) is 72.7 cm³/mol. The lowest BCUT2D eigenvalue weighted by Gasteiger charge is -2.05. The van der Waals surface area contributed by atoms with Gasteiger partial charge >= 0.3 is 11.8 Å². The number of rotatable bonds is 3. The smallest absolute Gasteiger partial charge is 0.408 e. The molecule has 2 aromatic rings. The van der Waals surface area contributed by atoms with Crippen LogP contribution < -0.4 is 16.4 Å². The molecule has 7 nitrogen and oxygen atoms in total. The van der Waals surface area contributed by atoms with E-state index in [-0.39, 0.29) is 12.1 Å². The van der Waals surface area contributed by atoms with E-state index < -0.39 is 17.7 Å². The summed E-state index contributed by atoms with van der Waals surface area (Å²) in [6.45, 7) is 1.80. The minimum Gasteiger partial charge on any atom is -0.408 e. The molecule has 0 atom stereocenters. The first kappa shape index (κ1) is 14.1. The van der Waals surface area contributed by atoms with Crippen molar-refractivity contribution in [3.8, 4) is 0 Å². The van der Waals surface area contributed by atoms with Gasteiger partial charge in [0.15, 0.2) is 5.58 Å². The van der Waals surface area contributed by atoms with Gasteiger partial charge in [0.1, 0.15) is 6.54 Å². The highest BCUT2D eigenvalue weighted by Crippen LogP contribution is 2.18. The molecule has 3 amide bonds. The zero-order valence-electron chi connectivity index (χ0n) is 10.6. The van der Waals surface area contributed by atoms with E-state index in [9.17, 15) is 14.4 Å². The number of benzene rings is 1. The summed E-state index contributed by atoms with van der Waals surface area (Å²) >= 11 is 5.79. The average Bonchev–Trinajstić information content (AvgIpc) is 2.65. The van der Waals surface area contributed by atoms with Gasteiger partial charge in [0, 0.05) is 17.6 Å². The number of carbonyl (C=O) groups excluding carboxylic acids is 2. The lowest BCUT2D eigenvalue weighted by molar-refractivity contribution is -0.120. The van der Waals surface area contributed by atoms with E-state index in [0.717, 1.165) is 4.57 Å². The Kier molecular flexibility index (Phi) is 4.09. The molecule has 0 aliphatic rings. The maximum Gasteiger partial charge on any atom is 0.420 e. The Bertz CT molecular complexity index is 719. The van der Waals surface area contributed by atoms with E-state index in [0.29, 0.717) is 17.1 Å². The third-order valence-corrected chi connectivity index (χ3v) is 2.76. The summed E-state index contributed by atoms with van der Waals surface area (Å²) in [5, 5.41) is 4.94. The number of urea groups is 1. The lowest BCUT2D eigenvalue weighted by atomic mass is 10.3. The Morgan fingerprint density at radius 2 is 2.15 bits per heavy atom. The van der Waals surface area contributed by atoms with Gasteiger partial charge in [-0.1, -0.05) is 11.6 Å². The van der Waals surface area contributed by atoms with Crippen molar-refractivity contribution in [2.75, 3.05) is 6.54 Å². The van der Waals surface area contributed by atoms with Crippen LogP contribution >= 0.6 is 11.6 Å². The van der Waals surface area contributed by atoms with Crippen molar-refractivity contribution in [1.29, 1.82) is 0 Å². The van der Waals surface area contributed by atoms with Gasteiger partial charge in [-0.25, -0.2) is 9.59 Å².